The largest absolute Gasteiger partial charge is 0.482 e. The van der Waals surface area contributed by atoms with Crippen LogP contribution in [0, 0.1) is 23.3 Å². The van der Waals surface area contributed by atoms with Crippen molar-refractivity contribution in [1.82, 2.24) is 69.1 Å². The van der Waals surface area contributed by atoms with Gasteiger partial charge in [-0.25, -0.2) is 50.2 Å². The molecule has 4 aliphatic rings. The van der Waals surface area contributed by atoms with E-state index in [4.69, 9.17) is 111 Å². The van der Waals surface area contributed by atoms with Gasteiger partial charge in [-0.1, -0.05) is 75.7 Å². The van der Waals surface area contributed by atoms with E-state index in [1.165, 1.54) is 59.4 Å². The number of rotatable bonds is 19. The first-order valence-corrected chi connectivity index (χ1v) is 41.9. The maximum absolute atomic E-state index is 13.9. The number of nitrogen functional groups attached to an aromatic ring is 4. The molecule has 0 bridgehead atoms. The van der Waals surface area contributed by atoms with Gasteiger partial charge in [-0.15, -0.1) is 0 Å². The Morgan fingerprint density at radius 3 is 1.30 bits per heavy atom. The Kier molecular flexibility index (Phi) is 27.4. The molecule has 10 N–H and O–H groups in total. The molecule has 1 saturated carbocycles. The quantitative estimate of drug-likeness (QED) is 0.0249. The minimum Gasteiger partial charge on any atom is -0.482 e. The van der Waals surface area contributed by atoms with E-state index in [0.717, 1.165) is 120 Å². The number of nitrogens with one attached hydrogen (secondary N) is 2. The first-order chi connectivity index (χ1) is 56.1. The Hall–Kier alpha value is -9.95. The van der Waals surface area contributed by atoms with E-state index in [2.05, 4.69) is 50.7 Å². The first kappa shape index (κ1) is 84.9. The zero-order valence-electron chi connectivity index (χ0n) is 63.9. The van der Waals surface area contributed by atoms with Crippen LogP contribution in [0.3, 0.4) is 0 Å². The van der Waals surface area contributed by atoms with Crippen molar-refractivity contribution in [2.24, 2.45) is 0 Å². The van der Waals surface area contributed by atoms with Crippen LogP contribution >= 0.6 is 69.6 Å². The van der Waals surface area contributed by atoms with Gasteiger partial charge in [0.1, 0.15) is 47.7 Å². The van der Waals surface area contributed by atoms with Gasteiger partial charge in [0.2, 0.25) is 10.0 Å². The number of sulfonamides is 1. The van der Waals surface area contributed by atoms with E-state index >= 15 is 0 Å². The Labute approximate surface area is 703 Å². The number of aryl methyl sites for hydroxylation is 1. The minimum atomic E-state index is -3.18. The highest BCUT2D eigenvalue weighted by molar-refractivity contribution is 7.88. The van der Waals surface area contributed by atoms with Crippen molar-refractivity contribution in [1.29, 1.82) is 0 Å². The van der Waals surface area contributed by atoms with Gasteiger partial charge in [0.05, 0.1) is 64.2 Å². The van der Waals surface area contributed by atoms with Crippen LogP contribution in [0.1, 0.15) is 155 Å². The molecular formula is C82H84Cl6F4N18O6S. The highest BCUT2D eigenvalue weighted by atomic mass is 35.5. The van der Waals surface area contributed by atoms with E-state index in [9.17, 15) is 26.0 Å². The van der Waals surface area contributed by atoms with Gasteiger partial charge in [0.15, 0.2) is 46.3 Å². The lowest BCUT2D eigenvalue weighted by molar-refractivity contribution is 0.194. The summed E-state index contributed by atoms with van der Waals surface area (Å²) in [5.74, 6) is 0.546. The molecule has 2 aliphatic carbocycles. The molecule has 0 spiro atoms. The van der Waals surface area contributed by atoms with Crippen molar-refractivity contribution < 1.29 is 44.9 Å². The predicted molar refractivity (Wildman–Crippen MR) is 448 cm³/mol. The molecule has 0 radical (unpaired) electrons. The summed E-state index contributed by atoms with van der Waals surface area (Å²) < 4.78 is 110. The Bertz CT molecular complexity index is 5620. The van der Waals surface area contributed by atoms with Gasteiger partial charge >= 0.3 is 0 Å². The number of piperidine rings is 2. The Morgan fingerprint density at radius 1 is 0.470 bits per heavy atom. The predicted octanol–water partition coefficient (Wildman–Crippen LogP) is 19.6. The van der Waals surface area contributed by atoms with Gasteiger partial charge in [-0.2, -0.15) is 20.4 Å². The number of halogens is 10. The van der Waals surface area contributed by atoms with E-state index < -0.39 is 45.8 Å². The summed E-state index contributed by atoms with van der Waals surface area (Å²) in [7, 11) is -3.18. The smallest absolute Gasteiger partial charge is 0.211 e. The van der Waals surface area contributed by atoms with Crippen molar-refractivity contribution in [2.45, 2.75) is 134 Å². The summed E-state index contributed by atoms with van der Waals surface area (Å²) in [6.07, 6.45) is 31.4. The van der Waals surface area contributed by atoms with Gasteiger partial charge in [-0.05, 0) is 182 Å². The van der Waals surface area contributed by atoms with Crippen LogP contribution < -0.4 is 47.2 Å². The third-order valence-corrected chi connectivity index (χ3v) is 24.2. The molecule has 10 heterocycles. The first-order valence-electron chi connectivity index (χ1n) is 37.8. The van der Waals surface area contributed by atoms with Crippen LogP contribution in [0.5, 0.6) is 23.0 Å². The molecule has 5 unspecified atom stereocenters. The fourth-order valence-electron chi connectivity index (χ4n) is 14.1. The lowest BCUT2D eigenvalue weighted by Gasteiger charge is -2.30. The van der Waals surface area contributed by atoms with Gasteiger partial charge < -0.3 is 47.2 Å². The van der Waals surface area contributed by atoms with E-state index in [-0.39, 0.29) is 55.5 Å². The lowest BCUT2D eigenvalue weighted by Crippen LogP contribution is -2.38. The van der Waals surface area contributed by atoms with Crippen LogP contribution in [-0.2, 0) is 16.4 Å². The molecule has 4 aromatic carbocycles. The second kappa shape index (κ2) is 37.8. The summed E-state index contributed by atoms with van der Waals surface area (Å²) in [5.41, 5.74) is 33.9. The highest BCUT2D eigenvalue weighted by Crippen LogP contribution is 2.43. The summed E-state index contributed by atoms with van der Waals surface area (Å²) >= 11 is 36.9. The molecule has 117 heavy (non-hydrogen) atoms. The monoisotopic (exact) mass is 1730 g/mol. The van der Waals surface area contributed by atoms with Crippen LogP contribution in [0.2, 0.25) is 30.1 Å². The van der Waals surface area contributed by atoms with Crippen molar-refractivity contribution >= 4 is 103 Å². The number of aromatic nitrogens is 12. The molecule has 3 fully saturated rings. The third-order valence-electron chi connectivity index (χ3n) is 20.8. The molecule has 12 aromatic rings. The number of H-pyrrole nitrogens is 1. The third kappa shape index (κ3) is 20.4. The van der Waals surface area contributed by atoms with Crippen LogP contribution in [0.25, 0.3) is 44.5 Å². The summed E-state index contributed by atoms with van der Waals surface area (Å²) in [6, 6.07) is 21.0. The highest BCUT2D eigenvalue weighted by Gasteiger charge is 2.30. The maximum atomic E-state index is 13.9. The van der Waals surface area contributed by atoms with Gasteiger partial charge in [-0.3, -0.25) is 19.1 Å². The van der Waals surface area contributed by atoms with Crippen molar-refractivity contribution in [3.63, 3.8) is 0 Å². The van der Waals surface area contributed by atoms with E-state index in [0.29, 0.717) is 93.6 Å². The summed E-state index contributed by atoms with van der Waals surface area (Å²) in [4.78, 5) is 16.9. The molecule has 35 heteroatoms. The number of hydrogen-bond acceptors (Lipinski definition) is 19. The van der Waals surface area contributed by atoms with Crippen LogP contribution in [0.4, 0.5) is 40.8 Å². The average molecular weight is 1740 g/mol. The Morgan fingerprint density at radius 2 is 0.889 bits per heavy atom. The number of fused-ring (bicyclic) bond motifs is 1. The van der Waals surface area contributed by atoms with Crippen molar-refractivity contribution in [3.8, 4) is 67.5 Å². The normalized spacial score (nSPS) is 16.6. The maximum Gasteiger partial charge on any atom is 0.211 e. The SMILES string of the molecule is CC(Oc1cc(-c2cnn(C3CCC3)c2)cnc1N)c1c(Cl)ccc(F)c1Cl.CC(Oc1cc(-c2cnn(C3CCCNC3)c2)cnc1N)c1c(Cl)ccc(F)c1Cl.CC(Oc1cc(-c2cnn(C3CCN(S(C)(=O)=O)CC3)c2)cnc1N)c1c(Cl)ccc(F)c1Cl.Nc1ncc(-c2cn[nH]c2)cc1OC1CCCCc2ccc(F)cc21. The number of anilines is 4. The zero-order chi connectivity index (χ0) is 82.9. The summed E-state index contributed by atoms with van der Waals surface area (Å²) in [6.45, 7) is 8.03. The minimum absolute atomic E-state index is 0.0653. The summed E-state index contributed by atoms with van der Waals surface area (Å²) in [5, 5.41) is 24.2. The van der Waals surface area contributed by atoms with Crippen LogP contribution in [0.15, 0.2) is 153 Å². The van der Waals surface area contributed by atoms with E-state index in [1.807, 2.05) is 44.8 Å². The Balaban J connectivity index is 0.000000136. The second-order valence-electron chi connectivity index (χ2n) is 28.8. The molecule has 8 aromatic heterocycles. The lowest BCUT2D eigenvalue weighted by atomic mass is 9.93. The molecule has 5 atom stereocenters. The van der Waals surface area contributed by atoms with Crippen LogP contribution in [-0.4, -0.2) is 105 Å². The van der Waals surface area contributed by atoms with Crippen molar-refractivity contribution in [2.75, 3.05) is 55.4 Å². The molecular weight excluding hydrogens is 1650 g/mol. The fraction of sp³-hybridized carbons (Fsp3) is 0.317. The molecule has 614 valence electrons. The number of aromatic amines is 1. The van der Waals surface area contributed by atoms with Crippen molar-refractivity contribution in [3.05, 3.63) is 234 Å². The average Bonchev–Trinajstić information content (AvgIpc) is 1.48. The number of pyridine rings is 4. The molecule has 16 rings (SSSR count). The number of hydrogen-bond donors (Lipinski definition) is 6. The van der Waals surface area contributed by atoms with E-state index in [1.54, 1.807) is 101 Å². The molecule has 24 nitrogen and oxygen atoms in total. The number of ether oxygens (including phenoxy) is 4. The number of nitrogens with two attached hydrogens (primary N) is 4. The van der Waals surface area contributed by atoms with Gasteiger partial charge in [0, 0.05) is 145 Å². The molecule has 0 amide bonds. The van der Waals surface area contributed by atoms with Gasteiger partial charge in [0.25, 0.3) is 0 Å². The second-order valence-corrected chi connectivity index (χ2v) is 33.1. The fourth-order valence-corrected chi connectivity index (χ4v) is 17.0. The molecule has 2 saturated heterocycles. The molecule has 2 aliphatic heterocycles. The number of benzene rings is 4. The zero-order valence-corrected chi connectivity index (χ0v) is 69.2. The number of nitrogens with zero attached hydrogens (tertiary/aromatic N) is 12. The topological polar surface area (TPSA) is 324 Å². The standard InChI is InChI=1S/C22H24Cl2FN5O3S.C21H22Cl2FN5O.C20H19Cl2FN4O.C19H19FN4O/c1-13(20-17(23)3-4-18(25)21(20)24)33-19-9-14(10-27-22(19)26)15-11-28-30(12-15)16-5-7-29(8-6-16)34(2,31)32;1-12(19-16(22)4-5-17(24)20(19)23)30-18-7-13(8-27-21(18)25)14-9-28-29(11-14)15-3-2-6-26-10-15;1-11(18-15(21)5-6-16(23)19(18)22)28-17-7-12(8-25-20(17)24)13-9-26-27(10-13)14-3-2-4-14;20-15-6-5-12-3-1-2-4-17(16(12)8-15)25-18-7-13(9-22-19(18)21)14-10-23-24-11-14/h3-4,9-13,16H,5-8H2,1-2H3,(H2,26,27);4-5,7-9,11-12,15,26H,2-3,6,10H2,1H3,(H2,25,27);5-11,14H,2-4H2,1H3,(H2,24,25);5-11,17H,1-4H2,(H2,21,22)(H,23,24).